The molecule has 1 aliphatic rings. The highest BCUT2D eigenvalue weighted by atomic mass is 19.4. The lowest BCUT2D eigenvalue weighted by Gasteiger charge is -2.35. The summed E-state index contributed by atoms with van der Waals surface area (Å²) in [5.74, 6) is 0.358. The van der Waals surface area contributed by atoms with Gasteiger partial charge in [-0.15, -0.1) is 0 Å². The van der Waals surface area contributed by atoms with Gasteiger partial charge in [-0.25, -0.2) is 0 Å². The smallest absolute Gasteiger partial charge is 0.416 e. The third kappa shape index (κ3) is 6.07. The molecule has 2 aromatic rings. The van der Waals surface area contributed by atoms with Crippen molar-refractivity contribution < 1.29 is 31.9 Å². The summed E-state index contributed by atoms with van der Waals surface area (Å²) < 4.78 is 55.4. The van der Waals surface area contributed by atoms with Gasteiger partial charge in [0.25, 0.3) is 5.91 Å². The summed E-state index contributed by atoms with van der Waals surface area (Å²) in [5.41, 5.74) is -0.859. The van der Waals surface area contributed by atoms with Crippen LogP contribution in [0.25, 0.3) is 0 Å². The second-order valence-electron chi connectivity index (χ2n) is 7.13. The van der Waals surface area contributed by atoms with Gasteiger partial charge in [-0.3, -0.25) is 9.69 Å². The maximum absolute atomic E-state index is 13.0. The second kappa shape index (κ2) is 10.1. The maximum Gasteiger partial charge on any atom is 0.416 e. The average molecular weight is 426 g/mol. The van der Waals surface area contributed by atoms with E-state index in [0.29, 0.717) is 19.7 Å². The Balaban J connectivity index is 1.68. The van der Waals surface area contributed by atoms with Gasteiger partial charge >= 0.3 is 6.18 Å². The zero-order valence-electron chi connectivity index (χ0n) is 16.7. The van der Waals surface area contributed by atoms with Crippen molar-refractivity contribution in [3.8, 4) is 0 Å². The van der Waals surface area contributed by atoms with Crippen LogP contribution in [0.1, 0.15) is 21.7 Å². The van der Waals surface area contributed by atoms with Crippen molar-refractivity contribution in [3.63, 3.8) is 0 Å². The van der Waals surface area contributed by atoms with E-state index >= 15 is 0 Å². The van der Waals surface area contributed by atoms with Crippen LogP contribution in [0.5, 0.6) is 0 Å². The number of morpholine rings is 1. The fourth-order valence-corrected chi connectivity index (χ4v) is 3.39. The molecule has 1 unspecified atom stereocenters. The number of benzene rings is 1. The number of hydrogen-bond donors (Lipinski definition) is 0. The van der Waals surface area contributed by atoms with Crippen LogP contribution < -0.4 is 0 Å². The van der Waals surface area contributed by atoms with Crippen LogP contribution in [0, 0.1) is 0 Å². The summed E-state index contributed by atoms with van der Waals surface area (Å²) >= 11 is 0. The van der Waals surface area contributed by atoms with E-state index in [9.17, 15) is 18.0 Å². The second-order valence-corrected chi connectivity index (χ2v) is 7.13. The van der Waals surface area contributed by atoms with Gasteiger partial charge in [-0.2, -0.15) is 13.2 Å². The Morgan fingerprint density at radius 1 is 1.30 bits per heavy atom. The van der Waals surface area contributed by atoms with Crippen LogP contribution >= 0.6 is 0 Å². The van der Waals surface area contributed by atoms with Crippen LogP contribution in [-0.2, 0) is 22.2 Å². The minimum absolute atomic E-state index is 0.0100. The number of furan rings is 1. The Kier molecular flexibility index (Phi) is 7.52. The van der Waals surface area contributed by atoms with Crippen LogP contribution in [0.4, 0.5) is 13.2 Å². The molecule has 1 aliphatic heterocycles. The van der Waals surface area contributed by atoms with Gasteiger partial charge < -0.3 is 18.8 Å². The molecular weight excluding hydrogens is 401 g/mol. The van der Waals surface area contributed by atoms with Crippen LogP contribution in [0.3, 0.4) is 0 Å². The molecule has 30 heavy (non-hydrogen) atoms. The fraction of sp³-hybridized carbons (Fsp3) is 0.476. The molecule has 1 aromatic carbocycles. The Morgan fingerprint density at radius 3 is 2.83 bits per heavy atom. The quantitative estimate of drug-likeness (QED) is 0.649. The number of carbonyl (C=O) groups excluding carboxylic acids is 1. The van der Waals surface area contributed by atoms with Crippen molar-refractivity contribution in [2.45, 2.75) is 18.8 Å². The fourth-order valence-electron chi connectivity index (χ4n) is 3.39. The van der Waals surface area contributed by atoms with Gasteiger partial charge in [-0.05, 0) is 30.3 Å². The Hall–Kier alpha value is -2.36. The van der Waals surface area contributed by atoms with E-state index in [4.69, 9.17) is 13.9 Å². The van der Waals surface area contributed by atoms with Crippen molar-refractivity contribution >= 4 is 5.91 Å². The monoisotopic (exact) mass is 426 g/mol. The average Bonchev–Trinajstić information content (AvgIpc) is 3.23. The predicted octanol–water partition coefficient (Wildman–Crippen LogP) is 3.29. The van der Waals surface area contributed by atoms with Gasteiger partial charge in [-0.1, -0.05) is 6.07 Å². The summed E-state index contributed by atoms with van der Waals surface area (Å²) in [5, 5.41) is 0. The van der Waals surface area contributed by atoms with Gasteiger partial charge in [0.1, 0.15) is 5.76 Å². The van der Waals surface area contributed by atoms with Crippen molar-refractivity contribution in [2.75, 3.05) is 46.5 Å². The number of hydrogen-bond acceptors (Lipinski definition) is 5. The molecule has 0 radical (unpaired) electrons. The van der Waals surface area contributed by atoms with Crippen molar-refractivity contribution in [2.24, 2.45) is 0 Å². The molecule has 3 rings (SSSR count). The van der Waals surface area contributed by atoms with Crippen LogP contribution in [-0.4, -0.2) is 68.3 Å². The molecule has 0 N–H and O–H groups in total. The Bertz CT molecular complexity index is 811. The number of halogens is 3. The first-order valence-electron chi connectivity index (χ1n) is 9.68. The summed E-state index contributed by atoms with van der Waals surface area (Å²) in [7, 11) is 1.51. The molecule has 0 bridgehead atoms. The molecule has 1 aromatic heterocycles. The van der Waals surface area contributed by atoms with Crippen molar-refractivity contribution in [1.29, 1.82) is 0 Å². The summed E-state index contributed by atoms with van der Waals surface area (Å²) in [6.07, 6.45) is -3.15. The first-order chi connectivity index (χ1) is 14.4. The molecule has 6 nitrogen and oxygen atoms in total. The topological polar surface area (TPSA) is 55.1 Å². The third-order valence-corrected chi connectivity index (χ3v) is 4.90. The number of methoxy groups -OCH3 is 1. The van der Waals surface area contributed by atoms with E-state index in [2.05, 4.69) is 4.90 Å². The van der Waals surface area contributed by atoms with Crippen LogP contribution in [0.2, 0.25) is 0 Å². The number of ether oxygens (including phenoxy) is 2. The lowest BCUT2D eigenvalue weighted by Crippen LogP contribution is -2.49. The first-order valence-corrected chi connectivity index (χ1v) is 9.68. The zero-order chi connectivity index (χ0) is 21.6. The minimum Gasteiger partial charge on any atom is -0.468 e. The van der Waals surface area contributed by atoms with Gasteiger partial charge in [0.2, 0.25) is 0 Å². The largest absolute Gasteiger partial charge is 0.468 e. The highest BCUT2D eigenvalue weighted by molar-refractivity contribution is 5.94. The molecule has 1 amide bonds. The number of alkyl halides is 3. The molecule has 1 saturated heterocycles. The zero-order valence-corrected chi connectivity index (χ0v) is 16.7. The summed E-state index contributed by atoms with van der Waals surface area (Å²) in [6, 6.07) is 8.19. The Morgan fingerprint density at radius 2 is 2.13 bits per heavy atom. The molecule has 2 heterocycles. The molecule has 1 atom stereocenters. The van der Waals surface area contributed by atoms with Crippen molar-refractivity contribution in [1.82, 2.24) is 9.80 Å². The lowest BCUT2D eigenvalue weighted by atomic mass is 10.1. The first kappa shape index (κ1) is 22.3. The van der Waals surface area contributed by atoms with Crippen LogP contribution in [0.15, 0.2) is 47.1 Å². The minimum atomic E-state index is -4.51. The SMILES string of the molecule is COCCN(CC1CN(Cc2ccco2)CCO1)C(=O)c1cccc(C(F)(F)F)c1. The summed E-state index contributed by atoms with van der Waals surface area (Å²) in [6.45, 7) is 3.23. The lowest BCUT2D eigenvalue weighted by molar-refractivity contribution is -0.137. The number of nitrogens with zero attached hydrogens (tertiary/aromatic N) is 2. The molecule has 9 heteroatoms. The highest BCUT2D eigenvalue weighted by Gasteiger charge is 2.32. The molecule has 0 aliphatic carbocycles. The van der Waals surface area contributed by atoms with E-state index in [1.54, 1.807) is 6.26 Å². The van der Waals surface area contributed by atoms with E-state index in [1.807, 2.05) is 12.1 Å². The molecule has 0 saturated carbocycles. The molecule has 164 valence electrons. The van der Waals surface area contributed by atoms with E-state index < -0.39 is 17.6 Å². The third-order valence-electron chi connectivity index (χ3n) is 4.90. The predicted molar refractivity (Wildman–Crippen MR) is 103 cm³/mol. The van der Waals surface area contributed by atoms with Gasteiger partial charge in [0.05, 0.1) is 37.7 Å². The number of rotatable bonds is 8. The van der Waals surface area contributed by atoms with E-state index in [1.165, 1.54) is 24.1 Å². The van der Waals surface area contributed by atoms with E-state index in [-0.39, 0.29) is 31.4 Å². The standard InChI is InChI=1S/C21H25F3N2O4/c1-28-10-8-26(20(27)16-4-2-5-17(12-16)21(22,23)24)15-19-14-25(7-11-30-19)13-18-6-3-9-29-18/h2-6,9,12,19H,7-8,10-11,13-15H2,1H3. The van der Waals surface area contributed by atoms with Crippen molar-refractivity contribution in [3.05, 3.63) is 59.5 Å². The molecule has 1 fully saturated rings. The molecule has 0 spiro atoms. The Labute approximate surface area is 173 Å². The number of carbonyl (C=O) groups is 1. The molecular formula is C21H25F3N2O4. The van der Waals surface area contributed by atoms with Gasteiger partial charge in [0.15, 0.2) is 0 Å². The highest BCUT2D eigenvalue weighted by Crippen LogP contribution is 2.29. The maximum atomic E-state index is 13.0. The summed E-state index contributed by atoms with van der Waals surface area (Å²) in [4.78, 5) is 16.6. The normalized spacial score (nSPS) is 17.8. The van der Waals surface area contributed by atoms with Gasteiger partial charge in [0, 0.05) is 38.9 Å². The number of amides is 1. The van der Waals surface area contributed by atoms with E-state index in [0.717, 1.165) is 24.4 Å².